The third-order valence-electron chi connectivity index (χ3n) is 2.91. The maximum Gasteiger partial charge on any atom is 0.229 e. The van der Waals surface area contributed by atoms with Crippen molar-refractivity contribution in [1.82, 2.24) is 19.7 Å². The third-order valence-corrected chi connectivity index (χ3v) is 3.15. The van der Waals surface area contributed by atoms with E-state index >= 15 is 0 Å². The summed E-state index contributed by atoms with van der Waals surface area (Å²) in [4.78, 5) is 4.13. The molecule has 90 valence electrons. The molecule has 0 radical (unpaired) electrons. The first-order valence-corrected chi connectivity index (χ1v) is 6.12. The molecular formula is C13H11ClN4. The largest absolute Gasteiger partial charge is 0.269 e. The molecule has 0 aliphatic carbocycles. The summed E-state index contributed by atoms with van der Waals surface area (Å²) in [6.07, 6.45) is 4.39. The number of fused-ring (bicyclic) bond motifs is 1. The van der Waals surface area contributed by atoms with Gasteiger partial charge in [-0.2, -0.15) is 0 Å². The lowest BCUT2D eigenvalue weighted by Crippen LogP contribution is -2.01. The Balaban J connectivity index is 2.35. The molecule has 0 aliphatic rings. The number of aromatic nitrogens is 4. The number of pyridine rings is 1. The van der Waals surface area contributed by atoms with E-state index in [1.165, 1.54) is 0 Å². The van der Waals surface area contributed by atoms with Crippen LogP contribution in [0.25, 0.3) is 16.5 Å². The van der Waals surface area contributed by atoms with E-state index in [0.29, 0.717) is 5.28 Å². The highest BCUT2D eigenvalue weighted by Crippen LogP contribution is 2.25. The summed E-state index contributed by atoms with van der Waals surface area (Å²) in [7, 11) is 0. The summed E-state index contributed by atoms with van der Waals surface area (Å²) in [6.45, 7) is 2.03. The monoisotopic (exact) mass is 258 g/mol. The second-order valence-corrected chi connectivity index (χ2v) is 4.29. The molecule has 0 bridgehead atoms. The predicted molar refractivity (Wildman–Crippen MR) is 71.0 cm³/mol. The van der Waals surface area contributed by atoms with Gasteiger partial charge in [0.2, 0.25) is 5.28 Å². The lowest BCUT2D eigenvalue weighted by atomic mass is 10.1. The molecule has 0 aliphatic heterocycles. The molecule has 4 nitrogen and oxygen atoms in total. The molecule has 0 N–H and O–H groups in total. The fraction of sp³-hybridized carbons (Fsp3) is 0.154. The summed E-state index contributed by atoms with van der Waals surface area (Å²) in [5, 5.41) is 10.6. The van der Waals surface area contributed by atoms with Crippen LogP contribution in [0.1, 0.15) is 12.7 Å². The number of hydrogen-bond donors (Lipinski definition) is 0. The van der Waals surface area contributed by atoms with Gasteiger partial charge in [0.05, 0.1) is 5.69 Å². The minimum Gasteiger partial charge on any atom is -0.269 e. The third kappa shape index (κ3) is 1.66. The number of benzene rings is 1. The molecule has 0 atom stereocenters. The van der Waals surface area contributed by atoms with Gasteiger partial charge < -0.3 is 0 Å². The Morgan fingerprint density at radius 2 is 2.11 bits per heavy atom. The highest BCUT2D eigenvalue weighted by Gasteiger charge is 2.12. The van der Waals surface area contributed by atoms with Gasteiger partial charge in [-0.3, -0.25) is 9.55 Å². The van der Waals surface area contributed by atoms with Crippen LogP contribution in [0.4, 0.5) is 0 Å². The van der Waals surface area contributed by atoms with E-state index in [4.69, 9.17) is 11.6 Å². The van der Waals surface area contributed by atoms with Gasteiger partial charge >= 0.3 is 0 Å². The van der Waals surface area contributed by atoms with Crippen molar-refractivity contribution >= 4 is 22.4 Å². The van der Waals surface area contributed by atoms with Crippen molar-refractivity contribution in [3.63, 3.8) is 0 Å². The fourth-order valence-corrected chi connectivity index (χ4v) is 2.29. The summed E-state index contributed by atoms with van der Waals surface area (Å²) < 4.78 is 1.88. The fourth-order valence-electron chi connectivity index (χ4n) is 2.06. The van der Waals surface area contributed by atoms with Crippen molar-refractivity contribution in [1.29, 1.82) is 0 Å². The molecule has 18 heavy (non-hydrogen) atoms. The van der Waals surface area contributed by atoms with Crippen LogP contribution in [-0.4, -0.2) is 19.7 Å². The van der Waals surface area contributed by atoms with Crippen LogP contribution in [0.15, 0.2) is 36.7 Å². The minimum atomic E-state index is 0.385. The molecular weight excluding hydrogens is 248 g/mol. The van der Waals surface area contributed by atoms with E-state index in [9.17, 15) is 0 Å². The lowest BCUT2D eigenvalue weighted by Gasteiger charge is -2.09. The topological polar surface area (TPSA) is 43.6 Å². The van der Waals surface area contributed by atoms with Crippen molar-refractivity contribution < 1.29 is 0 Å². The van der Waals surface area contributed by atoms with Gasteiger partial charge in [-0.1, -0.05) is 19.1 Å². The Morgan fingerprint density at radius 3 is 2.94 bits per heavy atom. The van der Waals surface area contributed by atoms with Crippen molar-refractivity contribution in [3.05, 3.63) is 47.8 Å². The van der Waals surface area contributed by atoms with Gasteiger partial charge in [-0.15, -0.1) is 10.2 Å². The van der Waals surface area contributed by atoms with Gasteiger partial charge in [0, 0.05) is 29.6 Å². The Morgan fingerprint density at radius 1 is 1.22 bits per heavy atom. The average molecular weight is 259 g/mol. The second kappa shape index (κ2) is 4.38. The zero-order chi connectivity index (χ0) is 12.5. The summed E-state index contributed by atoms with van der Waals surface area (Å²) in [5.74, 6) is 0.851. The van der Waals surface area contributed by atoms with Crippen LogP contribution in [0.2, 0.25) is 5.28 Å². The Labute approximate surface area is 109 Å². The van der Waals surface area contributed by atoms with Crippen LogP contribution in [-0.2, 0) is 6.42 Å². The first-order chi connectivity index (χ1) is 8.81. The average Bonchev–Trinajstić information content (AvgIpc) is 2.79. The molecule has 0 saturated carbocycles. The number of nitrogens with zero attached hydrogens (tertiary/aromatic N) is 4. The van der Waals surface area contributed by atoms with E-state index in [-0.39, 0.29) is 0 Å². The van der Waals surface area contributed by atoms with Crippen molar-refractivity contribution in [2.24, 2.45) is 0 Å². The molecule has 0 spiro atoms. The van der Waals surface area contributed by atoms with Crippen molar-refractivity contribution in [3.8, 4) is 5.69 Å². The molecule has 0 amide bonds. The SMILES string of the molecule is CCc1nnc(Cl)n1-c1cccc2cnccc12. The molecule has 5 heteroatoms. The standard InChI is InChI=1S/C13H11ClN4/c1-2-12-16-17-13(14)18(12)11-5-3-4-9-8-15-7-6-10(9)11/h3-8H,2H2,1H3. The number of aryl methyl sites for hydroxylation is 1. The van der Waals surface area contributed by atoms with Gasteiger partial charge in [0.25, 0.3) is 0 Å². The highest BCUT2D eigenvalue weighted by atomic mass is 35.5. The molecule has 1 aromatic carbocycles. The number of halogens is 1. The Kier molecular flexibility index (Phi) is 2.72. The first kappa shape index (κ1) is 11.2. The summed E-state index contributed by atoms with van der Waals surface area (Å²) in [6, 6.07) is 7.99. The molecule has 0 fully saturated rings. The second-order valence-electron chi connectivity index (χ2n) is 3.95. The predicted octanol–water partition coefficient (Wildman–Crippen LogP) is 3.03. The molecule has 3 aromatic rings. The lowest BCUT2D eigenvalue weighted by molar-refractivity contribution is 0.887. The molecule has 0 saturated heterocycles. The van der Waals surface area contributed by atoms with Gasteiger partial charge in [-0.25, -0.2) is 0 Å². The van der Waals surface area contributed by atoms with Gasteiger partial charge in [0.1, 0.15) is 5.82 Å². The van der Waals surface area contributed by atoms with E-state index in [1.54, 1.807) is 6.20 Å². The van der Waals surface area contributed by atoms with Gasteiger partial charge in [-0.05, 0) is 23.7 Å². The van der Waals surface area contributed by atoms with Gasteiger partial charge in [0.15, 0.2) is 0 Å². The maximum atomic E-state index is 6.13. The highest BCUT2D eigenvalue weighted by molar-refractivity contribution is 6.28. The van der Waals surface area contributed by atoms with E-state index in [1.807, 2.05) is 42.0 Å². The Bertz CT molecular complexity index is 700. The number of hydrogen-bond acceptors (Lipinski definition) is 3. The molecule has 3 rings (SSSR count). The molecule has 2 aromatic heterocycles. The minimum absolute atomic E-state index is 0.385. The molecule has 0 unspecified atom stereocenters. The van der Waals surface area contributed by atoms with Crippen LogP contribution >= 0.6 is 11.6 Å². The van der Waals surface area contributed by atoms with E-state index in [2.05, 4.69) is 15.2 Å². The zero-order valence-corrected chi connectivity index (χ0v) is 10.6. The molecule has 2 heterocycles. The summed E-state index contributed by atoms with van der Waals surface area (Å²) >= 11 is 6.13. The smallest absolute Gasteiger partial charge is 0.229 e. The quantitative estimate of drug-likeness (QED) is 0.710. The van der Waals surface area contributed by atoms with E-state index in [0.717, 1.165) is 28.7 Å². The maximum absolute atomic E-state index is 6.13. The van der Waals surface area contributed by atoms with Crippen LogP contribution < -0.4 is 0 Å². The van der Waals surface area contributed by atoms with Crippen molar-refractivity contribution in [2.75, 3.05) is 0 Å². The normalized spacial score (nSPS) is 11.0. The summed E-state index contributed by atoms with van der Waals surface area (Å²) in [5.41, 5.74) is 0.988. The zero-order valence-electron chi connectivity index (χ0n) is 9.84. The van der Waals surface area contributed by atoms with E-state index < -0.39 is 0 Å². The first-order valence-electron chi connectivity index (χ1n) is 5.74. The van der Waals surface area contributed by atoms with Crippen LogP contribution in [0.5, 0.6) is 0 Å². The number of rotatable bonds is 2. The van der Waals surface area contributed by atoms with Crippen LogP contribution in [0.3, 0.4) is 0 Å². The van der Waals surface area contributed by atoms with Crippen LogP contribution in [0, 0.1) is 0 Å². The van der Waals surface area contributed by atoms with Crippen molar-refractivity contribution in [2.45, 2.75) is 13.3 Å². The Hall–Kier alpha value is -1.94.